The Labute approximate surface area is 99.7 Å². The van der Waals surface area contributed by atoms with Gasteiger partial charge in [0.15, 0.2) is 0 Å². The normalized spacial score (nSPS) is 20.3. The third-order valence-corrected chi connectivity index (χ3v) is 3.09. The van der Waals surface area contributed by atoms with Crippen molar-refractivity contribution in [3.8, 4) is 0 Å². The first-order valence-corrected chi connectivity index (χ1v) is 6.39. The number of hydrogen-bond acceptors (Lipinski definition) is 2. The second-order valence-electron chi connectivity index (χ2n) is 4.42. The van der Waals surface area contributed by atoms with E-state index in [0.717, 1.165) is 0 Å². The molecule has 0 N–H and O–H groups in total. The Bertz CT molecular complexity index is 269. The van der Waals surface area contributed by atoms with Crippen molar-refractivity contribution in [1.82, 2.24) is 9.88 Å². The summed E-state index contributed by atoms with van der Waals surface area (Å²) < 4.78 is 0. The molecule has 1 saturated heterocycles. The number of nitrogens with zero attached hydrogens (tertiary/aromatic N) is 2. The first-order valence-electron chi connectivity index (χ1n) is 6.39. The molecule has 1 aliphatic heterocycles. The Balaban J connectivity index is 0.000000280. The van der Waals surface area contributed by atoms with E-state index in [9.17, 15) is 0 Å². The van der Waals surface area contributed by atoms with Gasteiger partial charge >= 0.3 is 0 Å². The second-order valence-corrected chi connectivity index (χ2v) is 4.42. The van der Waals surface area contributed by atoms with Crippen molar-refractivity contribution in [3.05, 3.63) is 30.1 Å². The first-order chi connectivity index (χ1) is 7.79. The Hall–Kier alpha value is -0.890. The Morgan fingerprint density at radius 3 is 2.56 bits per heavy atom. The highest BCUT2D eigenvalue weighted by Gasteiger charge is 2.21. The molecular weight excluding hydrogens is 196 g/mol. The van der Waals surface area contributed by atoms with Crippen molar-refractivity contribution in [2.75, 3.05) is 13.6 Å². The average Bonchev–Trinajstić information content (AvgIpc) is 2.77. The lowest BCUT2D eigenvalue weighted by Crippen LogP contribution is -2.17. The van der Waals surface area contributed by atoms with Crippen molar-refractivity contribution in [3.63, 3.8) is 0 Å². The number of unbranched alkanes of at least 4 members (excludes halogenated alkanes) is 1. The van der Waals surface area contributed by atoms with Gasteiger partial charge in [0.25, 0.3) is 0 Å². The summed E-state index contributed by atoms with van der Waals surface area (Å²) in [6, 6.07) is 4.79. The molecular formula is C14H24N2. The lowest BCUT2D eigenvalue weighted by Gasteiger charge is -2.18. The van der Waals surface area contributed by atoms with Crippen molar-refractivity contribution in [2.24, 2.45) is 0 Å². The minimum atomic E-state index is 0.610. The van der Waals surface area contributed by atoms with Gasteiger partial charge < -0.3 is 0 Å². The first kappa shape index (κ1) is 13.2. The van der Waals surface area contributed by atoms with E-state index >= 15 is 0 Å². The van der Waals surface area contributed by atoms with E-state index in [0.29, 0.717) is 6.04 Å². The Morgan fingerprint density at radius 2 is 2.12 bits per heavy atom. The minimum absolute atomic E-state index is 0.610. The monoisotopic (exact) mass is 220 g/mol. The highest BCUT2D eigenvalue weighted by molar-refractivity contribution is 5.14. The topological polar surface area (TPSA) is 16.1 Å². The van der Waals surface area contributed by atoms with E-state index in [2.05, 4.69) is 36.8 Å². The van der Waals surface area contributed by atoms with Crippen LogP contribution in [0.3, 0.4) is 0 Å². The summed E-state index contributed by atoms with van der Waals surface area (Å²) in [4.78, 5) is 6.54. The summed E-state index contributed by atoms with van der Waals surface area (Å²) in [7, 11) is 2.19. The minimum Gasteiger partial charge on any atom is -0.299 e. The molecule has 0 spiro atoms. The zero-order valence-corrected chi connectivity index (χ0v) is 10.8. The fraction of sp³-hybridized carbons (Fsp3) is 0.643. The van der Waals surface area contributed by atoms with E-state index < -0.39 is 0 Å². The Morgan fingerprint density at radius 1 is 1.38 bits per heavy atom. The van der Waals surface area contributed by atoms with Gasteiger partial charge in [-0.3, -0.25) is 9.88 Å². The van der Waals surface area contributed by atoms with Crippen LogP contribution in [0.2, 0.25) is 0 Å². The number of rotatable bonds is 2. The summed E-state index contributed by atoms with van der Waals surface area (Å²) >= 11 is 0. The highest BCUT2D eigenvalue weighted by atomic mass is 15.1. The van der Waals surface area contributed by atoms with Crippen LogP contribution < -0.4 is 0 Å². The van der Waals surface area contributed by atoms with Gasteiger partial charge in [0, 0.05) is 18.4 Å². The standard InChI is InChI=1S/C10H14N2.C4H10/c1-12-7-3-5-10(12)9-4-2-6-11-8-9;1-3-4-2/h2,4,6,8,10H,3,5,7H2,1H3;3-4H2,1-2H3. The average molecular weight is 220 g/mol. The lowest BCUT2D eigenvalue weighted by molar-refractivity contribution is 0.317. The molecule has 90 valence electrons. The maximum Gasteiger partial charge on any atom is 0.0360 e. The van der Waals surface area contributed by atoms with Crippen LogP contribution >= 0.6 is 0 Å². The molecule has 1 unspecified atom stereocenters. The molecule has 1 fully saturated rings. The predicted molar refractivity (Wildman–Crippen MR) is 69.4 cm³/mol. The van der Waals surface area contributed by atoms with Gasteiger partial charge in [0.2, 0.25) is 0 Å². The zero-order chi connectivity index (χ0) is 11.8. The molecule has 0 aromatic carbocycles. The third-order valence-electron chi connectivity index (χ3n) is 3.09. The maximum atomic E-state index is 4.14. The summed E-state index contributed by atoms with van der Waals surface area (Å²) in [5.41, 5.74) is 1.36. The van der Waals surface area contributed by atoms with Crippen LogP contribution in [0.5, 0.6) is 0 Å². The van der Waals surface area contributed by atoms with Gasteiger partial charge in [-0.1, -0.05) is 32.8 Å². The molecule has 0 aliphatic carbocycles. The summed E-state index contributed by atoms with van der Waals surface area (Å²) in [6.45, 7) is 5.58. The van der Waals surface area contributed by atoms with Crippen LogP contribution in [-0.2, 0) is 0 Å². The fourth-order valence-corrected chi connectivity index (χ4v) is 1.90. The lowest BCUT2D eigenvalue weighted by atomic mass is 10.1. The maximum absolute atomic E-state index is 4.14. The van der Waals surface area contributed by atoms with Gasteiger partial charge in [-0.2, -0.15) is 0 Å². The molecule has 2 nitrogen and oxygen atoms in total. The SMILES string of the molecule is CCCC.CN1CCCC1c1cccnc1. The number of pyridine rings is 1. The van der Waals surface area contributed by atoms with Crippen molar-refractivity contribution in [1.29, 1.82) is 0 Å². The summed E-state index contributed by atoms with van der Waals surface area (Å²) in [5.74, 6) is 0. The second kappa shape index (κ2) is 7.39. The molecule has 0 bridgehead atoms. The van der Waals surface area contributed by atoms with E-state index in [1.807, 2.05) is 18.5 Å². The fourth-order valence-electron chi connectivity index (χ4n) is 1.90. The smallest absolute Gasteiger partial charge is 0.0360 e. The molecule has 2 heteroatoms. The molecule has 2 rings (SSSR count). The summed E-state index contributed by atoms with van der Waals surface area (Å²) in [5, 5.41) is 0. The van der Waals surface area contributed by atoms with Crippen LogP contribution in [0.4, 0.5) is 0 Å². The molecule has 0 amide bonds. The molecule has 2 heterocycles. The van der Waals surface area contributed by atoms with Crippen LogP contribution in [0, 0.1) is 0 Å². The highest BCUT2D eigenvalue weighted by Crippen LogP contribution is 2.29. The molecule has 1 aromatic rings. The van der Waals surface area contributed by atoms with Gasteiger partial charge in [-0.15, -0.1) is 0 Å². The van der Waals surface area contributed by atoms with E-state index in [-0.39, 0.29) is 0 Å². The largest absolute Gasteiger partial charge is 0.299 e. The van der Waals surface area contributed by atoms with Gasteiger partial charge in [0.1, 0.15) is 0 Å². The molecule has 1 aromatic heterocycles. The van der Waals surface area contributed by atoms with Gasteiger partial charge in [0.05, 0.1) is 0 Å². The molecule has 16 heavy (non-hydrogen) atoms. The molecule has 0 radical (unpaired) electrons. The zero-order valence-electron chi connectivity index (χ0n) is 10.8. The van der Waals surface area contributed by atoms with Gasteiger partial charge in [-0.05, 0) is 38.1 Å². The number of likely N-dealkylation sites (tertiary alicyclic amines) is 1. The van der Waals surface area contributed by atoms with Crippen LogP contribution in [0.15, 0.2) is 24.5 Å². The molecule has 0 saturated carbocycles. The predicted octanol–water partition coefficient (Wildman–Crippen LogP) is 3.65. The van der Waals surface area contributed by atoms with Gasteiger partial charge in [-0.25, -0.2) is 0 Å². The molecule has 1 aliphatic rings. The Kier molecular flexibility index (Phi) is 6.09. The van der Waals surface area contributed by atoms with Crippen LogP contribution in [0.25, 0.3) is 0 Å². The van der Waals surface area contributed by atoms with Crippen molar-refractivity contribution < 1.29 is 0 Å². The number of hydrogen-bond donors (Lipinski definition) is 0. The quantitative estimate of drug-likeness (QED) is 0.756. The van der Waals surface area contributed by atoms with Crippen molar-refractivity contribution >= 4 is 0 Å². The molecule has 1 atom stereocenters. The van der Waals surface area contributed by atoms with Crippen LogP contribution in [0.1, 0.15) is 51.1 Å². The van der Waals surface area contributed by atoms with E-state index in [4.69, 9.17) is 0 Å². The summed E-state index contributed by atoms with van der Waals surface area (Å²) in [6.07, 6.45) is 9.04. The van der Waals surface area contributed by atoms with Crippen molar-refractivity contribution in [2.45, 2.75) is 45.6 Å². The van der Waals surface area contributed by atoms with E-state index in [1.54, 1.807) is 0 Å². The van der Waals surface area contributed by atoms with E-state index in [1.165, 1.54) is 37.8 Å². The third kappa shape index (κ3) is 3.93. The van der Waals surface area contributed by atoms with Crippen LogP contribution in [-0.4, -0.2) is 23.5 Å². The number of aromatic nitrogens is 1.